The molecule has 0 heterocycles. The summed E-state index contributed by atoms with van der Waals surface area (Å²) in [5.74, 6) is -0.620. The Labute approximate surface area is 77.0 Å². The van der Waals surface area contributed by atoms with Crippen molar-refractivity contribution in [3.8, 4) is 0 Å². The maximum absolute atomic E-state index is 10.8. The van der Waals surface area contributed by atoms with Crippen molar-refractivity contribution in [3.63, 3.8) is 0 Å². The van der Waals surface area contributed by atoms with Crippen molar-refractivity contribution >= 4 is 12.1 Å². The van der Waals surface area contributed by atoms with Crippen molar-refractivity contribution in [1.29, 1.82) is 0 Å². The maximum Gasteiger partial charge on any atom is 0.509 e. The van der Waals surface area contributed by atoms with Gasteiger partial charge in [0.1, 0.15) is 5.60 Å². The predicted molar refractivity (Wildman–Crippen MR) is 44.2 cm³/mol. The van der Waals surface area contributed by atoms with Crippen LogP contribution in [0.1, 0.15) is 20.8 Å². The van der Waals surface area contributed by atoms with Gasteiger partial charge in [0.05, 0.1) is 7.11 Å². The van der Waals surface area contributed by atoms with E-state index in [1.165, 1.54) is 7.11 Å². The first-order valence-electron chi connectivity index (χ1n) is 3.78. The number of carbonyl (C=O) groups is 2. The lowest BCUT2D eigenvalue weighted by Crippen LogP contribution is -2.26. The molecule has 0 aromatic carbocycles. The molecule has 5 nitrogen and oxygen atoms in total. The van der Waals surface area contributed by atoms with Crippen molar-refractivity contribution < 1.29 is 23.8 Å². The van der Waals surface area contributed by atoms with E-state index in [-0.39, 0.29) is 0 Å². The zero-order valence-electron chi connectivity index (χ0n) is 8.25. The topological polar surface area (TPSA) is 61.8 Å². The lowest BCUT2D eigenvalue weighted by molar-refractivity contribution is -0.145. The molecule has 0 fully saturated rings. The van der Waals surface area contributed by atoms with Crippen LogP contribution in [-0.2, 0) is 19.0 Å². The average Bonchev–Trinajstić information content (AvgIpc) is 1.97. The molecule has 0 bridgehead atoms. The van der Waals surface area contributed by atoms with Crippen LogP contribution in [0.25, 0.3) is 0 Å². The Morgan fingerprint density at radius 3 is 2.15 bits per heavy atom. The fourth-order valence-electron chi connectivity index (χ4n) is 0.456. The van der Waals surface area contributed by atoms with Crippen LogP contribution in [0.15, 0.2) is 0 Å². The molecule has 0 aromatic heterocycles. The number of ether oxygens (including phenoxy) is 3. The lowest BCUT2D eigenvalue weighted by Gasteiger charge is -2.18. The maximum atomic E-state index is 10.8. The second kappa shape index (κ2) is 4.69. The van der Waals surface area contributed by atoms with Gasteiger partial charge in [-0.05, 0) is 20.8 Å². The number of methoxy groups -OCH3 is 1. The molecule has 0 radical (unpaired) electrons. The third kappa shape index (κ3) is 7.11. The zero-order chi connectivity index (χ0) is 10.5. The molecule has 13 heavy (non-hydrogen) atoms. The van der Waals surface area contributed by atoms with Gasteiger partial charge in [0, 0.05) is 0 Å². The van der Waals surface area contributed by atoms with Gasteiger partial charge in [-0.2, -0.15) is 0 Å². The first-order valence-corrected chi connectivity index (χ1v) is 3.78. The molecule has 0 amide bonds. The van der Waals surface area contributed by atoms with Crippen LogP contribution < -0.4 is 0 Å². The van der Waals surface area contributed by atoms with Gasteiger partial charge in [-0.15, -0.1) is 0 Å². The van der Waals surface area contributed by atoms with Crippen LogP contribution in [0.3, 0.4) is 0 Å². The first kappa shape index (κ1) is 11.7. The Balaban J connectivity index is 3.71. The van der Waals surface area contributed by atoms with E-state index in [2.05, 4.69) is 9.47 Å². The average molecular weight is 190 g/mol. The fraction of sp³-hybridized carbons (Fsp3) is 0.750. The van der Waals surface area contributed by atoms with E-state index in [9.17, 15) is 9.59 Å². The first-order chi connectivity index (χ1) is 5.85. The minimum atomic E-state index is -0.877. The third-order valence-corrected chi connectivity index (χ3v) is 0.925. The van der Waals surface area contributed by atoms with Crippen LogP contribution in [0.4, 0.5) is 4.79 Å². The quantitative estimate of drug-likeness (QED) is 0.610. The Morgan fingerprint density at radius 1 is 1.23 bits per heavy atom. The summed E-state index contributed by atoms with van der Waals surface area (Å²) in [7, 11) is 1.21. The van der Waals surface area contributed by atoms with Crippen LogP contribution in [0.5, 0.6) is 0 Å². The second-order valence-corrected chi connectivity index (χ2v) is 3.33. The molecule has 0 aromatic rings. The van der Waals surface area contributed by atoms with Crippen molar-refractivity contribution in [1.82, 2.24) is 0 Å². The molecule has 0 N–H and O–H groups in total. The summed E-state index contributed by atoms with van der Waals surface area (Å²) >= 11 is 0. The Bertz CT molecular complexity index is 191. The lowest BCUT2D eigenvalue weighted by atomic mass is 10.2. The second-order valence-electron chi connectivity index (χ2n) is 3.33. The summed E-state index contributed by atoms with van der Waals surface area (Å²) in [6, 6.07) is 0. The van der Waals surface area contributed by atoms with Gasteiger partial charge in [-0.3, -0.25) is 0 Å². The number of esters is 1. The third-order valence-electron chi connectivity index (χ3n) is 0.925. The molecule has 0 atom stereocenters. The molecule has 0 unspecified atom stereocenters. The van der Waals surface area contributed by atoms with Crippen molar-refractivity contribution in [2.24, 2.45) is 0 Å². The monoisotopic (exact) mass is 190 g/mol. The van der Waals surface area contributed by atoms with E-state index in [0.29, 0.717) is 0 Å². The van der Waals surface area contributed by atoms with Gasteiger partial charge in [0.2, 0.25) is 0 Å². The summed E-state index contributed by atoms with van der Waals surface area (Å²) in [4.78, 5) is 21.4. The molecule has 0 aliphatic carbocycles. The van der Waals surface area contributed by atoms with Crippen molar-refractivity contribution in [2.75, 3.05) is 13.7 Å². The van der Waals surface area contributed by atoms with Crippen LogP contribution >= 0.6 is 0 Å². The van der Waals surface area contributed by atoms with E-state index in [1.54, 1.807) is 20.8 Å². The molecule has 0 spiro atoms. The van der Waals surface area contributed by atoms with Crippen LogP contribution in [0, 0.1) is 0 Å². The Kier molecular flexibility index (Phi) is 4.23. The molecule has 5 heteroatoms. The standard InChI is InChI=1S/C8H14O5/c1-8(2,3)13-7(10)12-5-6(9)11-4/h5H2,1-4H3. The molecule has 0 rings (SSSR count). The van der Waals surface area contributed by atoms with Crippen LogP contribution in [0.2, 0.25) is 0 Å². The zero-order valence-corrected chi connectivity index (χ0v) is 8.25. The van der Waals surface area contributed by atoms with Gasteiger partial charge in [-0.25, -0.2) is 9.59 Å². The molecular formula is C8H14O5. The van der Waals surface area contributed by atoms with Gasteiger partial charge in [-0.1, -0.05) is 0 Å². The van der Waals surface area contributed by atoms with Crippen molar-refractivity contribution in [2.45, 2.75) is 26.4 Å². The van der Waals surface area contributed by atoms with Gasteiger partial charge in [0.25, 0.3) is 0 Å². The highest BCUT2D eigenvalue weighted by molar-refractivity contribution is 5.73. The number of hydrogen-bond donors (Lipinski definition) is 0. The van der Waals surface area contributed by atoms with E-state index in [0.717, 1.165) is 0 Å². The number of carbonyl (C=O) groups excluding carboxylic acids is 2. The summed E-state index contributed by atoms with van der Waals surface area (Å²) in [5, 5.41) is 0. The summed E-state index contributed by atoms with van der Waals surface area (Å²) in [6.07, 6.45) is -0.877. The predicted octanol–water partition coefficient (Wildman–Crippen LogP) is 1.11. The molecule has 0 aliphatic heterocycles. The van der Waals surface area contributed by atoms with E-state index >= 15 is 0 Å². The van der Waals surface area contributed by atoms with Crippen molar-refractivity contribution in [3.05, 3.63) is 0 Å². The molecule has 0 aliphatic rings. The summed E-state index contributed by atoms with van der Waals surface area (Å²) in [6.45, 7) is 4.68. The highest BCUT2D eigenvalue weighted by atomic mass is 16.7. The van der Waals surface area contributed by atoms with Gasteiger partial charge < -0.3 is 14.2 Å². The smallest absolute Gasteiger partial charge is 0.466 e. The van der Waals surface area contributed by atoms with Gasteiger partial charge in [0.15, 0.2) is 6.61 Å². The minimum absolute atomic E-state index is 0.425. The molecule has 76 valence electrons. The van der Waals surface area contributed by atoms with E-state index in [4.69, 9.17) is 4.74 Å². The van der Waals surface area contributed by atoms with E-state index in [1.807, 2.05) is 0 Å². The Hall–Kier alpha value is -1.26. The van der Waals surface area contributed by atoms with E-state index < -0.39 is 24.3 Å². The fourth-order valence-corrected chi connectivity index (χ4v) is 0.456. The minimum Gasteiger partial charge on any atom is -0.466 e. The molecule has 0 saturated carbocycles. The number of hydrogen-bond acceptors (Lipinski definition) is 5. The Morgan fingerprint density at radius 2 is 1.77 bits per heavy atom. The van der Waals surface area contributed by atoms with Gasteiger partial charge >= 0.3 is 12.1 Å². The highest BCUT2D eigenvalue weighted by Gasteiger charge is 2.18. The summed E-state index contributed by atoms with van der Waals surface area (Å²) < 4.78 is 13.5. The number of rotatable bonds is 2. The summed E-state index contributed by atoms with van der Waals surface area (Å²) in [5.41, 5.74) is -0.618. The normalized spacial score (nSPS) is 10.5. The van der Waals surface area contributed by atoms with Crippen LogP contribution in [-0.4, -0.2) is 31.4 Å². The molecule has 0 saturated heterocycles. The highest BCUT2D eigenvalue weighted by Crippen LogP contribution is 2.07. The largest absolute Gasteiger partial charge is 0.509 e. The SMILES string of the molecule is COC(=O)COC(=O)OC(C)(C)C. The molecular weight excluding hydrogens is 176 g/mol.